The van der Waals surface area contributed by atoms with E-state index in [9.17, 15) is 13.2 Å². The summed E-state index contributed by atoms with van der Waals surface area (Å²) in [5, 5.41) is 5.67. The molecule has 0 spiro atoms. The molecule has 1 amide bonds. The van der Waals surface area contributed by atoms with Crippen LogP contribution in [-0.2, 0) is 14.8 Å². The summed E-state index contributed by atoms with van der Waals surface area (Å²) >= 11 is 7.16. The predicted molar refractivity (Wildman–Crippen MR) is 125 cm³/mol. The van der Waals surface area contributed by atoms with Crippen LogP contribution in [0.15, 0.2) is 64.9 Å². The van der Waals surface area contributed by atoms with Gasteiger partial charge in [-0.3, -0.25) is 10.1 Å². The van der Waals surface area contributed by atoms with Gasteiger partial charge >= 0.3 is 0 Å². The maximum absolute atomic E-state index is 12.6. The number of hydrogen-bond donors (Lipinski definition) is 1. The first kappa shape index (κ1) is 21.7. The zero-order valence-corrected chi connectivity index (χ0v) is 18.9. The van der Waals surface area contributed by atoms with Crippen LogP contribution in [0.1, 0.15) is 18.4 Å². The van der Waals surface area contributed by atoms with Crippen molar-refractivity contribution < 1.29 is 13.2 Å². The van der Waals surface area contributed by atoms with Crippen LogP contribution in [0.4, 0.5) is 5.13 Å². The summed E-state index contributed by atoms with van der Waals surface area (Å²) in [4.78, 5) is 16.9. The lowest BCUT2D eigenvalue weighted by atomic mass is 10.2. The van der Waals surface area contributed by atoms with E-state index >= 15 is 0 Å². The van der Waals surface area contributed by atoms with Crippen LogP contribution >= 0.6 is 22.9 Å². The number of aromatic nitrogens is 1. The molecule has 0 bridgehead atoms. The Balaban J connectivity index is 1.41. The molecule has 31 heavy (non-hydrogen) atoms. The number of carbonyl (C=O) groups excluding carboxylic acids is 1. The number of amides is 1. The molecule has 0 unspecified atom stereocenters. The number of anilines is 1. The number of rotatable bonds is 6. The van der Waals surface area contributed by atoms with Crippen molar-refractivity contribution in [3.63, 3.8) is 0 Å². The molecule has 1 N–H and O–H groups in total. The van der Waals surface area contributed by atoms with Crippen LogP contribution in [0.5, 0.6) is 0 Å². The van der Waals surface area contributed by atoms with Crippen LogP contribution < -0.4 is 5.32 Å². The van der Waals surface area contributed by atoms with E-state index in [4.69, 9.17) is 11.6 Å². The average Bonchev–Trinajstić information content (AvgIpc) is 3.46. The highest BCUT2D eigenvalue weighted by atomic mass is 35.5. The minimum absolute atomic E-state index is 0.286. The van der Waals surface area contributed by atoms with E-state index in [-0.39, 0.29) is 10.8 Å². The van der Waals surface area contributed by atoms with E-state index in [1.165, 1.54) is 21.7 Å². The van der Waals surface area contributed by atoms with Crippen molar-refractivity contribution in [2.75, 3.05) is 18.4 Å². The summed E-state index contributed by atoms with van der Waals surface area (Å²) in [5.74, 6) is -0.289. The van der Waals surface area contributed by atoms with E-state index in [2.05, 4.69) is 10.3 Å². The first-order chi connectivity index (χ1) is 14.9. The van der Waals surface area contributed by atoms with Gasteiger partial charge in [-0.25, -0.2) is 13.4 Å². The summed E-state index contributed by atoms with van der Waals surface area (Å²) in [6.45, 7) is 1.15. The predicted octanol–water partition coefficient (Wildman–Crippen LogP) is 4.90. The second kappa shape index (κ2) is 9.32. The number of nitrogens with zero attached hydrogens (tertiary/aromatic N) is 2. The largest absolute Gasteiger partial charge is 0.298 e. The normalized spacial score (nSPS) is 14.9. The molecule has 0 aliphatic carbocycles. The highest BCUT2D eigenvalue weighted by molar-refractivity contribution is 7.89. The summed E-state index contributed by atoms with van der Waals surface area (Å²) in [6.07, 6.45) is 4.93. The van der Waals surface area contributed by atoms with Crippen LogP contribution in [0, 0.1) is 0 Å². The molecule has 1 saturated heterocycles. The molecule has 1 aliphatic heterocycles. The van der Waals surface area contributed by atoms with Crippen LogP contribution in [0.2, 0.25) is 5.02 Å². The fraction of sp³-hybridized carbons (Fsp3) is 0.182. The quantitative estimate of drug-likeness (QED) is 0.516. The van der Waals surface area contributed by atoms with E-state index in [1.807, 2.05) is 17.5 Å². The lowest BCUT2D eigenvalue weighted by Crippen LogP contribution is -2.27. The van der Waals surface area contributed by atoms with Crippen molar-refractivity contribution >= 4 is 50.1 Å². The lowest BCUT2D eigenvalue weighted by Gasteiger charge is -2.15. The van der Waals surface area contributed by atoms with Crippen molar-refractivity contribution in [1.29, 1.82) is 0 Å². The average molecular weight is 474 g/mol. The summed E-state index contributed by atoms with van der Waals surface area (Å²) in [7, 11) is -3.44. The Morgan fingerprint density at radius 3 is 2.42 bits per heavy atom. The molecule has 0 radical (unpaired) electrons. The van der Waals surface area contributed by atoms with E-state index < -0.39 is 10.0 Å². The Kier molecular flexibility index (Phi) is 6.52. The van der Waals surface area contributed by atoms with Gasteiger partial charge in [0, 0.05) is 35.1 Å². The summed E-state index contributed by atoms with van der Waals surface area (Å²) in [6, 6.07) is 13.9. The Morgan fingerprint density at radius 1 is 1.06 bits per heavy atom. The Hall–Kier alpha value is -2.52. The van der Waals surface area contributed by atoms with Crippen LogP contribution in [0.25, 0.3) is 17.3 Å². The van der Waals surface area contributed by atoms with Gasteiger partial charge in [0.1, 0.15) is 0 Å². The number of nitrogens with one attached hydrogen (secondary N) is 1. The van der Waals surface area contributed by atoms with Crippen molar-refractivity contribution in [2.24, 2.45) is 0 Å². The third-order valence-electron chi connectivity index (χ3n) is 4.88. The smallest absolute Gasteiger partial charge is 0.250 e. The Morgan fingerprint density at radius 2 is 1.74 bits per heavy atom. The fourth-order valence-electron chi connectivity index (χ4n) is 3.23. The van der Waals surface area contributed by atoms with E-state index in [0.29, 0.717) is 28.9 Å². The van der Waals surface area contributed by atoms with Gasteiger partial charge in [0.05, 0.1) is 10.6 Å². The van der Waals surface area contributed by atoms with Gasteiger partial charge in [0.25, 0.3) is 0 Å². The highest BCUT2D eigenvalue weighted by Crippen LogP contribution is 2.27. The molecule has 3 aromatic rings. The summed E-state index contributed by atoms with van der Waals surface area (Å²) < 4.78 is 26.8. The lowest BCUT2D eigenvalue weighted by molar-refractivity contribution is -0.111. The van der Waals surface area contributed by atoms with Gasteiger partial charge in [0.15, 0.2) is 5.13 Å². The Bertz CT molecular complexity index is 1200. The number of benzene rings is 2. The second-order valence-electron chi connectivity index (χ2n) is 7.05. The van der Waals surface area contributed by atoms with Gasteiger partial charge in [-0.1, -0.05) is 35.9 Å². The third-order valence-corrected chi connectivity index (χ3v) is 7.81. The van der Waals surface area contributed by atoms with Crippen molar-refractivity contribution in [2.45, 2.75) is 17.7 Å². The molecule has 1 fully saturated rings. The highest BCUT2D eigenvalue weighted by Gasteiger charge is 2.27. The number of thiazole rings is 1. The molecular formula is C22H20ClN3O3S2. The van der Waals surface area contributed by atoms with Crippen molar-refractivity contribution in [3.8, 4) is 11.3 Å². The monoisotopic (exact) mass is 473 g/mol. The molecule has 1 aliphatic rings. The van der Waals surface area contributed by atoms with Crippen molar-refractivity contribution in [3.05, 3.63) is 70.6 Å². The molecule has 9 heteroatoms. The second-order valence-corrected chi connectivity index (χ2v) is 10.3. The number of hydrogen-bond acceptors (Lipinski definition) is 5. The zero-order chi connectivity index (χ0) is 21.8. The van der Waals surface area contributed by atoms with Gasteiger partial charge in [0.2, 0.25) is 15.9 Å². The van der Waals surface area contributed by atoms with Gasteiger partial charge in [-0.15, -0.1) is 11.3 Å². The standard InChI is InChI=1S/C22H20ClN3O3S2/c23-18-8-3-16(4-9-18)5-12-21(27)25-22-24-20(15-30-22)17-6-10-19(11-7-17)31(28,29)26-13-1-2-14-26/h3-12,15H,1-2,13-14H2,(H,24,25,27). The maximum Gasteiger partial charge on any atom is 0.250 e. The molecule has 160 valence electrons. The molecule has 0 atom stereocenters. The van der Waals surface area contributed by atoms with Gasteiger partial charge in [-0.05, 0) is 48.7 Å². The first-order valence-corrected chi connectivity index (χ1v) is 12.4. The SMILES string of the molecule is O=C(C=Cc1ccc(Cl)cc1)Nc1nc(-c2ccc(S(=O)(=O)N3CCCC3)cc2)cs1. The number of halogens is 1. The molecule has 2 aromatic carbocycles. The topological polar surface area (TPSA) is 79.4 Å². The summed E-state index contributed by atoms with van der Waals surface area (Å²) in [5.41, 5.74) is 2.32. The fourth-order valence-corrected chi connectivity index (χ4v) is 5.60. The van der Waals surface area contributed by atoms with Gasteiger partial charge < -0.3 is 0 Å². The Labute approximate surface area is 190 Å². The molecule has 2 heterocycles. The minimum Gasteiger partial charge on any atom is -0.298 e. The zero-order valence-electron chi connectivity index (χ0n) is 16.5. The van der Waals surface area contributed by atoms with E-state index in [1.54, 1.807) is 42.5 Å². The molecule has 4 rings (SSSR count). The number of carbonyl (C=O) groups is 1. The molecule has 0 saturated carbocycles. The first-order valence-electron chi connectivity index (χ1n) is 9.72. The molecular weight excluding hydrogens is 454 g/mol. The van der Waals surface area contributed by atoms with Crippen LogP contribution in [-0.4, -0.2) is 36.7 Å². The number of sulfonamides is 1. The molecule has 1 aromatic heterocycles. The minimum atomic E-state index is -3.44. The van der Waals surface area contributed by atoms with Crippen LogP contribution in [0.3, 0.4) is 0 Å². The van der Waals surface area contributed by atoms with E-state index in [0.717, 1.165) is 24.0 Å². The van der Waals surface area contributed by atoms with Crippen molar-refractivity contribution in [1.82, 2.24) is 9.29 Å². The third kappa shape index (κ3) is 5.22. The maximum atomic E-state index is 12.6. The molecule has 6 nitrogen and oxygen atoms in total. The van der Waals surface area contributed by atoms with Gasteiger partial charge in [-0.2, -0.15) is 4.31 Å².